The lowest BCUT2D eigenvalue weighted by atomic mass is 10.0. The minimum atomic E-state index is -0.281. The summed E-state index contributed by atoms with van der Waals surface area (Å²) in [5, 5.41) is 14.5. The second-order valence-electron chi connectivity index (χ2n) is 6.10. The first-order valence-corrected chi connectivity index (χ1v) is 7.85. The molecule has 0 unspecified atom stereocenters. The van der Waals surface area contributed by atoms with Gasteiger partial charge in [-0.3, -0.25) is 0 Å². The molecule has 5 nitrogen and oxygen atoms in total. The van der Waals surface area contributed by atoms with Crippen LogP contribution in [0, 0.1) is 11.7 Å². The molecular weight excluding hydrogens is 305 g/mol. The predicted octanol–water partition coefficient (Wildman–Crippen LogP) is 3.93. The largest absolute Gasteiger partial charge is 0.397 e. The maximum absolute atomic E-state index is 13.1. The van der Waals surface area contributed by atoms with Crippen LogP contribution in [0.2, 0.25) is 0 Å². The van der Waals surface area contributed by atoms with E-state index in [1.807, 2.05) is 18.2 Å². The molecule has 0 amide bonds. The van der Waals surface area contributed by atoms with Crippen LogP contribution in [0.15, 0.2) is 42.5 Å². The van der Waals surface area contributed by atoms with Gasteiger partial charge in [-0.2, -0.15) is 15.4 Å². The standard InChI is InChI=1S/C18H20FN5/c1-11(2)10-21-16-9-13(5-8-15(16)20)18-17(22-24-23-18)12-3-6-14(19)7-4-12/h3-9,11,21H,10,20H2,1-2H3,(H,22,23,24). The number of nitrogens with one attached hydrogen (secondary N) is 2. The zero-order valence-corrected chi connectivity index (χ0v) is 13.7. The molecule has 1 heterocycles. The Kier molecular flexibility index (Phi) is 4.46. The Hall–Kier alpha value is -2.89. The Bertz CT molecular complexity index is 824. The van der Waals surface area contributed by atoms with Crippen LogP contribution in [0.4, 0.5) is 15.8 Å². The minimum Gasteiger partial charge on any atom is -0.397 e. The van der Waals surface area contributed by atoms with Gasteiger partial charge in [0.15, 0.2) is 0 Å². The molecule has 0 saturated heterocycles. The highest BCUT2D eigenvalue weighted by Gasteiger charge is 2.14. The molecule has 2 aromatic carbocycles. The number of nitrogens with zero attached hydrogens (tertiary/aromatic N) is 2. The topological polar surface area (TPSA) is 79.6 Å². The van der Waals surface area contributed by atoms with Crippen LogP contribution in [0.1, 0.15) is 13.8 Å². The summed E-state index contributed by atoms with van der Waals surface area (Å²) in [7, 11) is 0. The van der Waals surface area contributed by atoms with Crippen LogP contribution in [0.25, 0.3) is 22.5 Å². The maximum atomic E-state index is 13.1. The molecule has 3 aromatic rings. The normalized spacial score (nSPS) is 11.0. The van der Waals surface area contributed by atoms with Crippen molar-refractivity contribution in [3.8, 4) is 22.5 Å². The molecule has 0 saturated carbocycles. The summed E-state index contributed by atoms with van der Waals surface area (Å²) in [5.74, 6) is 0.228. The van der Waals surface area contributed by atoms with E-state index in [1.54, 1.807) is 12.1 Å². The van der Waals surface area contributed by atoms with Gasteiger partial charge in [0.05, 0.1) is 11.4 Å². The van der Waals surface area contributed by atoms with Gasteiger partial charge in [0.2, 0.25) is 0 Å². The highest BCUT2D eigenvalue weighted by Crippen LogP contribution is 2.32. The van der Waals surface area contributed by atoms with Gasteiger partial charge < -0.3 is 11.1 Å². The fourth-order valence-corrected chi connectivity index (χ4v) is 2.41. The molecule has 3 rings (SSSR count). The van der Waals surface area contributed by atoms with Crippen LogP contribution >= 0.6 is 0 Å². The lowest BCUT2D eigenvalue weighted by molar-refractivity contribution is 0.628. The molecule has 24 heavy (non-hydrogen) atoms. The number of hydrogen-bond donors (Lipinski definition) is 3. The molecule has 124 valence electrons. The van der Waals surface area contributed by atoms with E-state index in [4.69, 9.17) is 5.73 Å². The van der Waals surface area contributed by atoms with E-state index >= 15 is 0 Å². The van der Waals surface area contributed by atoms with E-state index in [1.165, 1.54) is 12.1 Å². The Morgan fingerprint density at radius 2 is 1.67 bits per heavy atom. The van der Waals surface area contributed by atoms with Gasteiger partial charge in [-0.05, 0) is 42.3 Å². The number of anilines is 2. The average Bonchev–Trinajstić information content (AvgIpc) is 3.04. The van der Waals surface area contributed by atoms with Gasteiger partial charge in [-0.1, -0.05) is 19.9 Å². The molecule has 0 aliphatic rings. The molecule has 0 spiro atoms. The van der Waals surface area contributed by atoms with Crippen molar-refractivity contribution in [3.63, 3.8) is 0 Å². The number of aromatic amines is 1. The van der Waals surface area contributed by atoms with Crippen molar-refractivity contribution < 1.29 is 4.39 Å². The van der Waals surface area contributed by atoms with Crippen molar-refractivity contribution in [1.82, 2.24) is 15.4 Å². The first-order chi connectivity index (χ1) is 11.5. The first kappa shape index (κ1) is 16.0. The quantitative estimate of drug-likeness (QED) is 0.621. The lowest BCUT2D eigenvalue weighted by Crippen LogP contribution is -2.09. The number of nitrogen functional groups attached to an aromatic ring is 1. The molecule has 0 aliphatic carbocycles. The van der Waals surface area contributed by atoms with Crippen molar-refractivity contribution in [3.05, 3.63) is 48.3 Å². The number of rotatable bonds is 5. The molecule has 0 atom stereocenters. The van der Waals surface area contributed by atoms with Gasteiger partial charge >= 0.3 is 0 Å². The summed E-state index contributed by atoms with van der Waals surface area (Å²) in [6.07, 6.45) is 0. The van der Waals surface area contributed by atoms with Crippen molar-refractivity contribution in [2.45, 2.75) is 13.8 Å². The highest BCUT2D eigenvalue weighted by molar-refractivity contribution is 5.82. The van der Waals surface area contributed by atoms with E-state index in [0.29, 0.717) is 23.0 Å². The van der Waals surface area contributed by atoms with Crippen molar-refractivity contribution >= 4 is 11.4 Å². The van der Waals surface area contributed by atoms with Crippen LogP contribution < -0.4 is 11.1 Å². The molecule has 0 fully saturated rings. The first-order valence-electron chi connectivity index (χ1n) is 7.85. The van der Waals surface area contributed by atoms with Crippen molar-refractivity contribution in [1.29, 1.82) is 0 Å². The summed E-state index contributed by atoms with van der Waals surface area (Å²) in [6.45, 7) is 5.10. The fraction of sp³-hybridized carbons (Fsp3) is 0.222. The third kappa shape index (κ3) is 3.37. The SMILES string of the molecule is CC(C)CNc1cc(-c2n[nH]nc2-c2ccc(F)cc2)ccc1N. The van der Waals surface area contributed by atoms with Gasteiger partial charge in [0.25, 0.3) is 0 Å². The Balaban J connectivity index is 1.97. The second-order valence-corrected chi connectivity index (χ2v) is 6.10. The Morgan fingerprint density at radius 1 is 1.04 bits per heavy atom. The summed E-state index contributed by atoms with van der Waals surface area (Å²) in [5.41, 5.74) is 10.7. The van der Waals surface area contributed by atoms with Gasteiger partial charge in [0, 0.05) is 17.7 Å². The maximum Gasteiger partial charge on any atom is 0.123 e. The number of nitrogens with two attached hydrogens (primary N) is 1. The lowest BCUT2D eigenvalue weighted by Gasteiger charge is -2.12. The third-order valence-electron chi connectivity index (χ3n) is 3.69. The number of H-pyrrole nitrogens is 1. The van der Waals surface area contributed by atoms with Gasteiger partial charge in [0.1, 0.15) is 17.2 Å². The van der Waals surface area contributed by atoms with Gasteiger partial charge in [-0.25, -0.2) is 4.39 Å². The Morgan fingerprint density at radius 3 is 2.33 bits per heavy atom. The van der Waals surface area contributed by atoms with E-state index in [9.17, 15) is 4.39 Å². The van der Waals surface area contributed by atoms with E-state index < -0.39 is 0 Å². The van der Waals surface area contributed by atoms with Crippen LogP contribution in [0.3, 0.4) is 0 Å². The van der Waals surface area contributed by atoms with Crippen LogP contribution in [0.5, 0.6) is 0 Å². The molecule has 1 aromatic heterocycles. The summed E-state index contributed by atoms with van der Waals surface area (Å²) in [6, 6.07) is 11.9. The Labute approximate surface area is 140 Å². The van der Waals surface area contributed by atoms with Crippen LogP contribution in [-0.4, -0.2) is 22.0 Å². The van der Waals surface area contributed by atoms with Crippen LogP contribution in [-0.2, 0) is 0 Å². The minimum absolute atomic E-state index is 0.281. The number of aromatic nitrogens is 3. The molecule has 0 aliphatic heterocycles. The van der Waals surface area contributed by atoms with Crippen molar-refractivity contribution in [2.75, 3.05) is 17.6 Å². The summed E-state index contributed by atoms with van der Waals surface area (Å²) in [4.78, 5) is 0. The predicted molar refractivity (Wildman–Crippen MR) is 95.0 cm³/mol. The number of benzene rings is 2. The third-order valence-corrected chi connectivity index (χ3v) is 3.69. The number of halogens is 1. The monoisotopic (exact) mass is 325 g/mol. The number of hydrogen-bond acceptors (Lipinski definition) is 4. The van der Waals surface area contributed by atoms with Gasteiger partial charge in [-0.15, -0.1) is 0 Å². The zero-order valence-electron chi connectivity index (χ0n) is 13.7. The second kappa shape index (κ2) is 6.70. The summed E-state index contributed by atoms with van der Waals surface area (Å²) < 4.78 is 13.1. The molecule has 0 radical (unpaired) electrons. The molecule has 4 N–H and O–H groups in total. The van der Waals surface area contributed by atoms with E-state index in [2.05, 4.69) is 34.6 Å². The molecular formula is C18H20FN5. The summed E-state index contributed by atoms with van der Waals surface area (Å²) >= 11 is 0. The van der Waals surface area contributed by atoms with E-state index in [-0.39, 0.29) is 5.82 Å². The van der Waals surface area contributed by atoms with Crippen molar-refractivity contribution in [2.24, 2.45) is 5.92 Å². The molecule has 6 heteroatoms. The van der Waals surface area contributed by atoms with E-state index in [0.717, 1.165) is 23.4 Å². The zero-order chi connectivity index (χ0) is 17.1. The average molecular weight is 325 g/mol. The smallest absolute Gasteiger partial charge is 0.123 e. The fourth-order valence-electron chi connectivity index (χ4n) is 2.41. The highest BCUT2D eigenvalue weighted by atomic mass is 19.1. The molecule has 0 bridgehead atoms.